The Hall–Kier alpha value is -4.57. The van der Waals surface area contributed by atoms with E-state index in [-0.39, 0.29) is 33.7 Å². The van der Waals surface area contributed by atoms with Crippen LogP contribution in [-0.4, -0.2) is 32.5 Å². The Labute approximate surface area is 240 Å². The summed E-state index contributed by atoms with van der Waals surface area (Å²) >= 11 is 5.95. The highest BCUT2D eigenvalue weighted by molar-refractivity contribution is 6.30. The zero-order chi connectivity index (χ0) is 29.3. The van der Waals surface area contributed by atoms with E-state index >= 15 is 0 Å². The lowest BCUT2D eigenvalue weighted by molar-refractivity contribution is -0.119. The van der Waals surface area contributed by atoms with Crippen LogP contribution in [0.5, 0.6) is 0 Å². The largest absolute Gasteiger partial charge is 0.366 e. The molecule has 1 aliphatic heterocycles. The number of amides is 3. The molecule has 3 amide bonds. The maximum atomic E-state index is 14.7. The third-order valence-corrected chi connectivity index (χ3v) is 7.60. The second-order valence-corrected chi connectivity index (χ2v) is 10.5. The van der Waals surface area contributed by atoms with Gasteiger partial charge < -0.3 is 16.4 Å². The van der Waals surface area contributed by atoms with Gasteiger partial charge in [0.1, 0.15) is 5.69 Å². The van der Waals surface area contributed by atoms with E-state index in [0.29, 0.717) is 41.9 Å². The van der Waals surface area contributed by atoms with Crippen molar-refractivity contribution in [1.29, 1.82) is 0 Å². The minimum Gasteiger partial charge on any atom is -0.366 e. The van der Waals surface area contributed by atoms with Crippen molar-refractivity contribution in [1.82, 2.24) is 20.1 Å². The van der Waals surface area contributed by atoms with Gasteiger partial charge in [-0.2, -0.15) is 5.10 Å². The normalized spacial score (nSPS) is 17.0. The number of nitrogens with zero attached hydrogens (tertiary/aromatic N) is 3. The third-order valence-electron chi connectivity index (χ3n) is 7.31. The van der Waals surface area contributed by atoms with Crippen molar-refractivity contribution >= 4 is 35.0 Å². The number of benzene rings is 2. The van der Waals surface area contributed by atoms with Crippen molar-refractivity contribution in [2.75, 3.05) is 5.32 Å². The lowest BCUT2D eigenvalue weighted by Gasteiger charge is -2.22. The van der Waals surface area contributed by atoms with Gasteiger partial charge in [-0.3, -0.25) is 19.4 Å². The Morgan fingerprint density at radius 1 is 1.17 bits per heavy atom. The Bertz CT molecular complexity index is 1670. The first-order valence-corrected chi connectivity index (χ1v) is 13.5. The molecule has 3 heterocycles. The van der Waals surface area contributed by atoms with E-state index in [2.05, 4.69) is 20.7 Å². The standard InChI is InChI=1S/C30H28ClFN6O3/c1-16-5-3-7-23(36-30(41)21-15-35-38(17(21)2)26-8-4-6-22(31)27(26)32)25-13-18(11-12-34-25)20-10-9-19(28(33)39)14-24(20)37-29(16)40/h4,6,8-16,23H,3,5,7H2,1-2H3,(H2,33,39)(H,36,41)(H,37,40)/t16-,23-/m0/s1. The highest BCUT2D eigenvalue weighted by atomic mass is 35.5. The summed E-state index contributed by atoms with van der Waals surface area (Å²) in [4.78, 5) is 42.9. The van der Waals surface area contributed by atoms with Crippen molar-refractivity contribution in [3.05, 3.63) is 94.3 Å². The number of carbonyl (C=O) groups excluding carboxylic acids is 3. The number of carbonyl (C=O) groups is 3. The molecule has 2 atom stereocenters. The first-order chi connectivity index (χ1) is 19.6. The predicted molar refractivity (Wildman–Crippen MR) is 153 cm³/mol. The smallest absolute Gasteiger partial charge is 0.255 e. The van der Waals surface area contributed by atoms with Gasteiger partial charge >= 0.3 is 0 Å². The lowest BCUT2D eigenvalue weighted by Crippen LogP contribution is -2.30. The molecular weight excluding hydrogens is 547 g/mol. The van der Waals surface area contributed by atoms with Crippen LogP contribution in [0, 0.1) is 18.7 Å². The fourth-order valence-electron chi connectivity index (χ4n) is 4.94. The van der Waals surface area contributed by atoms with Crippen LogP contribution in [0.15, 0.2) is 60.9 Å². The molecule has 0 saturated carbocycles. The highest BCUT2D eigenvalue weighted by Gasteiger charge is 2.24. The van der Waals surface area contributed by atoms with Gasteiger partial charge in [-0.1, -0.05) is 37.1 Å². The van der Waals surface area contributed by atoms with E-state index in [1.807, 2.05) is 13.0 Å². The molecule has 9 nitrogen and oxygen atoms in total. The van der Waals surface area contributed by atoms with Crippen LogP contribution >= 0.6 is 11.6 Å². The van der Waals surface area contributed by atoms with Crippen LogP contribution in [0.2, 0.25) is 5.02 Å². The zero-order valence-electron chi connectivity index (χ0n) is 22.4. The second-order valence-electron chi connectivity index (χ2n) is 10.1. The molecule has 41 heavy (non-hydrogen) atoms. The molecule has 0 radical (unpaired) electrons. The summed E-state index contributed by atoms with van der Waals surface area (Å²) in [5.41, 5.74) is 9.15. The minimum atomic E-state index is -0.631. The van der Waals surface area contributed by atoms with E-state index in [0.717, 1.165) is 5.56 Å². The average Bonchev–Trinajstić information content (AvgIpc) is 3.34. The Morgan fingerprint density at radius 3 is 2.76 bits per heavy atom. The summed E-state index contributed by atoms with van der Waals surface area (Å²) in [6.07, 6.45) is 4.75. The van der Waals surface area contributed by atoms with Crippen molar-refractivity contribution in [3.8, 4) is 16.8 Å². The van der Waals surface area contributed by atoms with Crippen LogP contribution in [0.3, 0.4) is 0 Å². The molecule has 210 valence electrons. The minimum absolute atomic E-state index is 0.0436. The molecule has 2 bridgehead atoms. The monoisotopic (exact) mass is 574 g/mol. The number of anilines is 1. The van der Waals surface area contributed by atoms with E-state index in [1.165, 1.54) is 23.0 Å². The molecule has 0 aliphatic carbocycles. The summed E-state index contributed by atoms with van der Waals surface area (Å²) in [5, 5.41) is 10.2. The van der Waals surface area contributed by atoms with E-state index < -0.39 is 23.7 Å². The Morgan fingerprint density at radius 2 is 1.98 bits per heavy atom. The van der Waals surface area contributed by atoms with Crippen molar-refractivity contribution in [2.45, 2.75) is 39.2 Å². The van der Waals surface area contributed by atoms with E-state index in [4.69, 9.17) is 17.3 Å². The Kier molecular flexibility index (Phi) is 7.85. The van der Waals surface area contributed by atoms with Gasteiger partial charge in [-0.05, 0) is 61.7 Å². The fraction of sp³-hybridized carbons (Fsp3) is 0.233. The van der Waals surface area contributed by atoms with Crippen LogP contribution in [-0.2, 0) is 4.79 Å². The quantitative estimate of drug-likeness (QED) is 0.302. The van der Waals surface area contributed by atoms with Crippen LogP contribution in [0.1, 0.15) is 64.3 Å². The average molecular weight is 575 g/mol. The molecule has 5 rings (SSSR count). The summed E-state index contributed by atoms with van der Waals surface area (Å²) < 4.78 is 16.0. The van der Waals surface area contributed by atoms with Crippen molar-refractivity contribution < 1.29 is 18.8 Å². The number of primary amides is 1. The molecule has 0 unspecified atom stereocenters. The predicted octanol–water partition coefficient (Wildman–Crippen LogP) is 5.36. The third kappa shape index (κ3) is 5.69. The molecule has 1 aliphatic rings. The van der Waals surface area contributed by atoms with Crippen LogP contribution in [0.25, 0.3) is 16.8 Å². The molecule has 4 N–H and O–H groups in total. The van der Waals surface area contributed by atoms with Gasteiger partial charge in [0.25, 0.3) is 5.91 Å². The summed E-state index contributed by atoms with van der Waals surface area (Å²) in [6, 6.07) is 12.6. The van der Waals surface area contributed by atoms with Gasteiger partial charge in [-0.15, -0.1) is 0 Å². The van der Waals surface area contributed by atoms with E-state index in [9.17, 15) is 18.8 Å². The molecular formula is C30H28ClFN6O3. The number of fused-ring (bicyclic) bond motifs is 4. The van der Waals surface area contributed by atoms with Gasteiger partial charge in [0.05, 0.1) is 34.2 Å². The number of hydrogen-bond donors (Lipinski definition) is 3. The molecule has 2 aromatic carbocycles. The second kappa shape index (κ2) is 11.5. The number of halogens is 2. The lowest BCUT2D eigenvalue weighted by atomic mass is 9.94. The number of nitrogens with one attached hydrogen (secondary N) is 2. The van der Waals surface area contributed by atoms with E-state index in [1.54, 1.807) is 43.5 Å². The number of rotatable bonds is 4. The summed E-state index contributed by atoms with van der Waals surface area (Å²) in [6.45, 7) is 3.51. The molecule has 0 fully saturated rings. The van der Waals surface area contributed by atoms with Crippen molar-refractivity contribution in [2.24, 2.45) is 11.7 Å². The van der Waals surface area contributed by atoms with Gasteiger partial charge in [0.2, 0.25) is 11.8 Å². The molecule has 2 aromatic heterocycles. The topological polar surface area (TPSA) is 132 Å². The van der Waals surface area contributed by atoms with Crippen molar-refractivity contribution in [3.63, 3.8) is 0 Å². The highest BCUT2D eigenvalue weighted by Crippen LogP contribution is 2.33. The van der Waals surface area contributed by atoms with Gasteiger partial charge in [0.15, 0.2) is 5.82 Å². The van der Waals surface area contributed by atoms with Gasteiger partial charge in [-0.25, -0.2) is 9.07 Å². The maximum Gasteiger partial charge on any atom is 0.255 e. The number of aromatic nitrogens is 3. The molecule has 0 spiro atoms. The molecule has 11 heteroatoms. The van der Waals surface area contributed by atoms with Crippen LogP contribution < -0.4 is 16.4 Å². The summed E-state index contributed by atoms with van der Waals surface area (Å²) in [7, 11) is 0. The number of hydrogen-bond acceptors (Lipinski definition) is 5. The molecule has 0 saturated heterocycles. The Balaban J connectivity index is 1.50. The molecule has 4 aromatic rings. The van der Waals surface area contributed by atoms with Gasteiger partial charge in [0, 0.05) is 28.9 Å². The number of nitrogens with two attached hydrogens (primary N) is 1. The first kappa shape index (κ1) is 28.0. The maximum absolute atomic E-state index is 14.7. The zero-order valence-corrected chi connectivity index (χ0v) is 23.2. The SMILES string of the molecule is Cc1c(C(=O)N[C@H]2CCC[C@H](C)C(=O)Nc3cc(C(N)=O)ccc3-c3ccnc2c3)cnn1-c1cccc(Cl)c1F. The number of pyridine rings is 1. The summed E-state index contributed by atoms with van der Waals surface area (Å²) in [5.74, 6) is -2.13. The van der Waals surface area contributed by atoms with Crippen LogP contribution in [0.4, 0.5) is 10.1 Å². The fourth-order valence-corrected chi connectivity index (χ4v) is 5.11. The first-order valence-electron chi connectivity index (χ1n) is 13.1.